The fourth-order valence-corrected chi connectivity index (χ4v) is 2.75. The van der Waals surface area contributed by atoms with Gasteiger partial charge < -0.3 is 31.3 Å². The van der Waals surface area contributed by atoms with E-state index in [2.05, 4.69) is 16.0 Å². The van der Waals surface area contributed by atoms with E-state index in [-0.39, 0.29) is 43.7 Å². The van der Waals surface area contributed by atoms with E-state index in [1.54, 1.807) is 13.8 Å². The topological polar surface area (TPSA) is 126 Å². The van der Waals surface area contributed by atoms with Crippen molar-refractivity contribution < 1.29 is 27.9 Å². The highest BCUT2D eigenvalue weighted by Gasteiger charge is 2.26. The molecule has 4 amide bonds. The zero-order valence-corrected chi connectivity index (χ0v) is 16.2. The maximum absolute atomic E-state index is 13.6. The highest BCUT2D eigenvalue weighted by Crippen LogP contribution is 2.33. The maximum Gasteiger partial charge on any atom is 0.315 e. The predicted molar refractivity (Wildman–Crippen MR) is 103 cm³/mol. The number of nitrogens with two attached hydrogens (primary N) is 1. The van der Waals surface area contributed by atoms with Crippen LogP contribution in [-0.4, -0.2) is 56.2 Å². The van der Waals surface area contributed by atoms with Crippen molar-refractivity contribution in [3.8, 4) is 0 Å². The third-order valence-corrected chi connectivity index (χ3v) is 4.08. The van der Waals surface area contributed by atoms with Gasteiger partial charge in [-0.05, 0) is 32.0 Å². The van der Waals surface area contributed by atoms with E-state index in [4.69, 9.17) is 10.5 Å². The summed E-state index contributed by atoms with van der Waals surface area (Å²) < 4.78 is 32.2. The van der Waals surface area contributed by atoms with Crippen LogP contribution in [0.2, 0.25) is 0 Å². The summed E-state index contributed by atoms with van der Waals surface area (Å²) in [6, 6.07) is 2.09. The molecule has 5 N–H and O–H groups in total. The molecule has 1 aromatic rings. The first-order valence-corrected chi connectivity index (χ1v) is 9.11. The smallest absolute Gasteiger partial charge is 0.315 e. The van der Waals surface area contributed by atoms with E-state index in [0.29, 0.717) is 0 Å². The molecular weight excluding hydrogens is 388 g/mol. The number of nitrogens with zero attached hydrogens (tertiary/aromatic N) is 1. The Bertz CT molecular complexity index is 760. The second kappa shape index (κ2) is 10.1. The number of benzene rings is 1. The number of carbonyl (C=O) groups is 3. The number of rotatable bonds is 7. The molecule has 0 spiro atoms. The second-order valence-corrected chi connectivity index (χ2v) is 6.72. The van der Waals surface area contributed by atoms with E-state index < -0.39 is 35.9 Å². The quantitative estimate of drug-likeness (QED) is 0.530. The van der Waals surface area contributed by atoms with Crippen LogP contribution in [0, 0.1) is 0 Å². The average molecular weight is 413 g/mol. The van der Waals surface area contributed by atoms with Crippen LogP contribution in [0.3, 0.4) is 0 Å². The molecule has 0 radical (unpaired) electrons. The fraction of sp³-hybridized carbons (Fsp3) is 0.500. The lowest BCUT2D eigenvalue weighted by Gasteiger charge is -2.29. The first-order valence-electron chi connectivity index (χ1n) is 9.11. The minimum atomic E-state index is -2.86. The monoisotopic (exact) mass is 413 g/mol. The molecule has 0 saturated carbocycles. The standard InChI is InChI=1S/C18H25F2N5O4/c1-10(2)22-18(28)24-13(8-21)17(27)23-11-3-4-14(12(7-11)16(19)20)25-5-6-29-9-15(25)26/h3-4,7,10,13,16H,5-6,8-9,21H2,1-2H3,(H,23,27)(H2,22,24,28)/t13-/m1/s1. The van der Waals surface area contributed by atoms with Crippen LogP contribution in [0.5, 0.6) is 0 Å². The molecule has 2 rings (SSSR count). The van der Waals surface area contributed by atoms with Crippen LogP contribution in [0.15, 0.2) is 18.2 Å². The summed E-state index contributed by atoms with van der Waals surface area (Å²) in [6.07, 6.45) is -2.86. The van der Waals surface area contributed by atoms with Gasteiger partial charge >= 0.3 is 6.03 Å². The molecule has 1 aliphatic heterocycles. The average Bonchev–Trinajstić information content (AvgIpc) is 2.66. The molecule has 0 aliphatic carbocycles. The molecule has 1 saturated heterocycles. The fourth-order valence-electron chi connectivity index (χ4n) is 2.75. The number of carbonyl (C=O) groups excluding carboxylic acids is 3. The molecule has 0 bridgehead atoms. The number of hydrogen-bond acceptors (Lipinski definition) is 5. The highest BCUT2D eigenvalue weighted by molar-refractivity contribution is 5.99. The first kappa shape index (κ1) is 22.5. The van der Waals surface area contributed by atoms with Gasteiger partial charge in [0.2, 0.25) is 5.91 Å². The van der Waals surface area contributed by atoms with Crippen molar-refractivity contribution in [1.82, 2.24) is 10.6 Å². The minimum Gasteiger partial charge on any atom is -0.370 e. The molecular formula is C18H25F2N5O4. The van der Waals surface area contributed by atoms with Gasteiger partial charge in [-0.2, -0.15) is 0 Å². The first-order chi connectivity index (χ1) is 13.7. The molecule has 1 fully saturated rings. The molecule has 0 unspecified atom stereocenters. The van der Waals surface area contributed by atoms with Crippen LogP contribution in [0.25, 0.3) is 0 Å². The van der Waals surface area contributed by atoms with Crippen LogP contribution in [0.4, 0.5) is 25.0 Å². The number of hydrogen-bond donors (Lipinski definition) is 4. The number of ether oxygens (including phenoxy) is 1. The van der Waals surface area contributed by atoms with Gasteiger partial charge in [-0.25, -0.2) is 13.6 Å². The lowest BCUT2D eigenvalue weighted by atomic mass is 10.1. The lowest BCUT2D eigenvalue weighted by Crippen LogP contribution is -2.52. The van der Waals surface area contributed by atoms with Gasteiger partial charge in [0.05, 0.1) is 12.3 Å². The van der Waals surface area contributed by atoms with E-state index >= 15 is 0 Å². The van der Waals surface area contributed by atoms with Crippen molar-refractivity contribution in [2.24, 2.45) is 5.73 Å². The van der Waals surface area contributed by atoms with Crippen LogP contribution in [-0.2, 0) is 14.3 Å². The zero-order valence-electron chi connectivity index (χ0n) is 16.2. The molecule has 1 aliphatic rings. The molecule has 0 aromatic heterocycles. The van der Waals surface area contributed by atoms with E-state index in [1.165, 1.54) is 17.0 Å². The van der Waals surface area contributed by atoms with Crippen LogP contribution in [0.1, 0.15) is 25.8 Å². The number of amides is 4. The Labute approximate surface area is 166 Å². The van der Waals surface area contributed by atoms with Gasteiger partial charge in [-0.3, -0.25) is 9.59 Å². The lowest BCUT2D eigenvalue weighted by molar-refractivity contribution is -0.125. The number of anilines is 2. The Balaban J connectivity index is 2.15. The number of nitrogens with one attached hydrogen (secondary N) is 3. The SMILES string of the molecule is CC(C)NC(=O)N[C@H](CN)C(=O)Nc1ccc(N2CCOCC2=O)c(C(F)F)c1. The Morgan fingerprint density at radius 3 is 2.59 bits per heavy atom. The second-order valence-electron chi connectivity index (χ2n) is 6.72. The Morgan fingerprint density at radius 1 is 1.28 bits per heavy atom. The number of halogens is 2. The largest absolute Gasteiger partial charge is 0.370 e. The van der Waals surface area contributed by atoms with Crippen molar-refractivity contribution in [2.75, 3.05) is 36.5 Å². The number of morpholine rings is 1. The van der Waals surface area contributed by atoms with Crippen molar-refractivity contribution >= 4 is 29.2 Å². The summed E-state index contributed by atoms with van der Waals surface area (Å²) in [7, 11) is 0. The van der Waals surface area contributed by atoms with Crippen molar-refractivity contribution in [3.05, 3.63) is 23.8 Å². The normalized spacial score (nSPS) is 15.4. The number of urea groups is 1. The molecule has 1 heterocycles. The van der Waals surface area contributed by atoms with Gasteiger partial charge in [-0.15, -0.1) is 0 Å². The molecule has 11 heteroatoms. The Kier molecular flexibility index (Phi) is 7.85. The third-order valence-electron chi connectivity index (χ3n) is 4.08. The minimum absolute atomic E-state index is 0.0658. The number of alkyl halides is 2. The zero-order chi connectivity index (χ0) is 21.6. The van der Waals surface area contributed by atoms with Gasteiger partial charge in [-0.1, -0.05) is 0 Å². The van der Waals surface area contributed by atoms with Crippen LogP contribution < -0.4 is 26.6 Å². The summed E-state index contributed by atoms with van der Waals surface area (Å²) in [4.78, 5) is 37.4. The summed E-state index contributed by atoms with van der Waals surface area (Å²) >= 11 is 0. The van der Waals surface area contributed by atoms with Gasteiger partial charge in [0, 0.05) is 30.4 Å². The van der Waals surface area contributed by atoms with Crippen molar-refractivity contribution in [2.45, 2.75) is 32.4 Å². The maximum atomic E-state index is 13.6. The van der Waals surface area contributed by atoms with E-state index in [1.807, 2.05) is 0 Å². The van der Waals surface area contributed by atoms with Crippen molar-refractivity contribution in [3.63, 3.8) is 0 Å². The summed E-state index contributed by atoms with van der Waals surface area (Å²) in [5, 5.41) is 7.45. The Hall–Kier alpha value is -2.79. The highest BCUT2D eigenvalue weighted by atomic mass is 19.3. The molecule has 1 atom stereocenters. The van der Waals surface area contributed by atoms with Crippen LogP contribution >= 0.6 is 0 Å². The molecule has 29 heavy (non-hydrogen) atoms. The molecule has 1 aromatic carbocycles. The van der Waals surface area contributed by atoms with Crippen molar-refractivity contribution in [1.29, 1.82) is 0 Å². The molecule has 9 nitrogen and oxygen atoms in total. The van der Waals surface area contributed by atoms with E-state index in [9.17, 15) is 23.2 Å². The summed E-state index contributed by atoms with van der Waals surface area (Å²) in [5.41, 5.74) is 5.31. The summed E-state index contributed by atoms with van der Waals surface area (Å²) in [6.45, 7) is 3.56. The van der Waals surface area contributed by atoms with Gasteiger partial charge in [0.15, 0.2) is 0 Å². The van der Waals surface area contributed by atoms with E-state index in [0.717, 1.165) is 6.07 Å². The Morgan fingerprint density at radius 2 is 2.00 bits per heavy atom. The predicted octanol–water partition coefficient (Wildman–Crippen LogP) is 0.961. The van der Waals surface area contributed by atoms with Gasteiger partial charge in [0.25, 0.3) is 12.3 Å². The third kappa shape index (κ3) is 6.09. The van der Waals surface area contributed by atoms with Gasteiger partial charge in [0.1, 0.15) is 12.6 Å². The molecule has 160 valence electrons. The summed E-state index contributed by atoms with van der Waals surface area (Å²) in [5.74, 6) is -1.07.